The molecule has 3 aromatic rings. The Morgan fingerprint density at radius 3 is 2.29 bits per heavy atom. The van der Waals surface area contributed by atoms with E-state index in [0.29, 0.717) is 6.61 Å². The molecular formula is C19H17BrO. The van der Waals surface area contributed by atoms with Crippen LogP contribution < -0.4 is 0 Å². The van der Waals surface area contributed by atoms with E-state index in [1.165, 1.54) is 21.9 Å². The summed E-state index contributed by atoms with van der Waals surface area (Å²) in [6, 6.07) is 23.1. The normalized spacial score (nSPS) is 10.9. The molecule has 0 saturated carbocycles. The zero-order chi connectivity index (χ0) is 14.5. The van der Waals surface area contributed by atoms with Crippen LogP contribution in [0.2, 0.25) is 0 Å². The van der Waals surface area contributed by atoms with E-state index in [-0.39, 0.29) is 0 Å². The number of rotatable bonds is 5. The van der Waals surface area contributed by atoms with E-state index in [0.717, 1.165) is 17.5 Å². The molecular weight excluding hydrogens is 324 g/mol. The van der Waals surface area contributed by atoms with E-state index < -0.39 is 0 Å². The molecule has 0 radical (unpaired) electrons. The van der Waals surface area contributed by atoms with Crippen molar-refractivity contribution in [2.24, 2.45) is 0 Å². The van der Waals surface area contributed by atoms with E-state index in [1.54, 1.807) is 0 Å². The molecule has 0 aromatic heterocycles. The summed E-state index contributed by atoms with van der Waals surface area (Å²) in [6.45, 7) is 1.41. The predicted molar refractivity (Wildman–Crippen MR) is 91.5 cm³/mol. The smallest absolute Gasteiger partial charge is 0.0717 e. The first-order chi connectivity index (χ1) is 10.3. The maximum atomic E-state index is 5.79. The van der Waals surface area contributed by atoms with Crippen LogP contribution in [0, 0.1) is 0 Å². The minimum absolute atomic E-state index is 0.676. The van der Waals surface area contributed by atoms with Gasteiger partial charge >= 0.3 is 0 Å². The minimum atomic E-state index is 0.676. The highest BCUT2D eigenvalue weighted by atomic mass is 79.9. The van der Waals surface area contributed by atoms with E-state index >= 15 is 0 Å². The summed E-state index contributed by atoms with van der Waals surface area (Å²) < 4.78 is 6.94. The lowest BCUT2D eigenvalue weighted by Crippen LogP contribution is -1.99. The lowest BCUT2D eigenvalue weighted by molar-refractivity contribution is 0.124. The van der Waals surface area contributed by atoms with Gasteiger partial charge in [0, 0.05) is 4.47 Å². The van der Waals surface area contributed by atoms with Crippen LogP contribution in [0.5, 0.6) is 0 Å². The molecule has 0 amide bonds. The fraction of sp³-hybridized carbons (Fsp3) is 0.158. The van der Waals surface area contributed by atoms with Crippen molar-refractivity contribution in [1.29, 1.82) is 0 Å². The van der Waals surface area contributed by atoms with Crippen LogP contribution in [-0.4, -0.2) is 6.61 Å². The van der Waals surface area contributed by atoms with E-state index in [2.05, 4.69) is 64.5 Å². The second-order valence-electron chi connectivity index (χ2n) is 5.04. The first kappa shape index (κ1) is 14.3. The summed E-state index contributed by atoms with van der Waals surface area (Å²) in [5.41, 5.74) is 2.56. The average molecular weight is 341 g/mol. The molecule has 21 heavy (non-hydrogen) atoms. The van der Waals surface area contributed by atoms with Crippen LogP contribution in [0.4, 0.5) is 0 Å². The Bertz CT molecular complexity index is 722. The topological polar surface area (TPSA) is 9.23 Å². The van der Waals surface area contributed by atoms with Gasteiger partial charge in [0.15, 0.2) is 0 Å². The quantitative estimate of drug-likeness (QED) is 0.568. The molecule has 0 heterocycles. The van der Waals surface area contributed by atoms with Gasteiger partial charge in [0.25, 0.3) is 0 Å². The molecule has 0 aliphatic heterocycles. The van der Waals surface area contributed by atoms with Crippen LogP contribution in [0.15, 0.2) is 71.2 Å². The monoisotopic (exact) mass is 340 g/mol. The lowest BCUT2D eigenvalue weighted by Gasteiger charge is -2.09. The molecule has 0 saturated heterocycles. The molecule has 106 valence electrons. The summed E-state index contributed by atoms with van der Waals surface area (Å²) in [5, 5.41) is 2.56. The van der Waals surface area contributed by atoms with Crippen LogP contribution >= 0.6 is 15.9 Å². The van der Waals surface area contributed by atoms with E-state index in [4.69, 9.17) is 4.74 Å². The van der Waals surface area contributed by atoms with Gasteiger partial charge in [-0.15, -0.1) is 0 Å². The number of benzene rings is 3. The fourth-order valence-corrected chi connectivity index (χ4v) is 2.97. The van der Waals surface area contributed by atoms with E-state index in [1.807, 2.05) is 18.2 Å². The number of hydrogen-bond acceptors (Lipinski definition) is 1. The standard InChI is InChI=1S/C19H17BrO/c20-19-11-10-16(17-8-4-5-9-18(17)19)12-13-21-14-15-6-2-1-3-7-15/h1-11H,12-14H2. The van der Waals surface area contributed by atoms with Crippen LogP contribution in [0.1, 0.15) is 11.1 Å². The second-order valence-corrected chi connectivity index (χ2v) is 5.89. The van der Waals surface area contributed by atoms with Gasteiger partial charge in [0.1, 0.15) is 0 Å². The fourth-order valence-electron chi connectivity index (χ4n) is 2.49. The van der Waals surface area contributed by atoms with Crippen LogP contribution in [-0.2, 0) is 17.8 Å². The lowest BCUT2D eigenvalue weighted by atomic mass is 10.0. The van der Waals surface area contributed by atoms with Crippen molar-refractivity contribution < 1.29 is 4.74 Å². The number of ether oxygens (including phenoxy) is 1. The highest BCUT2D eigenvalue weighted by Gasteiger charge is 2.04. The van der Waals surface area contributed by atoms with Gasteiger partial charge in [0.05, 0.1) is 13.2 Å². The largest absolute Gasteiger partial charge is 0.376 e. The van der Waals surface area contributed by atoms with Crippen molar-refractivity contribution >= 4 is 26.7 Å². The van der Waals surface area contributed by atoms with Crippen molar-refractivity contribution in [3.8, 4) is 0 Å². The number of hydrogen-bond donors (Lipinski definition) is 0. The molecule has 0 unspecified atom stereocenters. The Morgan fingerprint density at radius 2 is 1.48 bits per heavy atom. The molecule has 0 N–H and O–H groups in total. The van der Waals surface area contributed by atoms with Gasteiger partial charge in [-0.25, -0.2) is 0 Å². The highest BCUT2D eigenvalue weighted by molar-refractivity contribution is 9.10. The summed E-state index contributed by atoms with van der Waals surface area (Å²) >= 11 is 3.61. The molecule has 0 spiro atoms. The molecule has 0 atom stereocenters. The van der Waals surface area contributed by atoms with E-state index in [9.17, 15) is 0 Å². The van der Waals surface area contributed by atoms with Crippen LogP contribution in [0.3, 0.4) is 0 Å². The maximum absolute atomic E-state index is 5.79. The van der Waals surface area contributed by atoms with Crippen molar-refractivity contribution in [2.45, 2.75) is 13.0 Å². The van der Waals surface area contributed by atoms with Crippen molar-refractivity contribution in [3.63, 3.8) is 0 Å². The Balaban J connectivity index is 1.65. The third-order valence-corrected chi connectivity index (χ3v) is 4.28. The van der Waals surface area contributed by atoms with Gasteiger partial charge in [-0.2, -0.15) is 0 Å². The molecule has 2 heteroatoms. The average Bonchev–Trinajstić information content (AvgIpc) is 2.55. The minimum Gasteiger partial charge on any atom is -0.376 e. The van der Waals surface area contributed by atoms with Gasteiger partial charge in [-0.05, 0) is 34.4 Å². The second kappa shape index (κ2) is 6.88. The Hall–Kier alpha value is -1.64. The van der Waals surface area contributed by atoms with Gasteiger partial charge in [0.2, 0.25) is 0 Å². The van der Waals surface area contributed by atoms with Gasteiger partial charge in [-0.1, -0.05) is 76.6 Å². The third kappa shape index (κ3) is 3.52. The predicted octanol–water partition coefficient (Wildman–Crippen LogP) is 5.36. The van der Waals surface area contributed by atoms with Crippen LogP contribution in [0.25, 0.3) is 10.8 Å². The summed E-state index contributed by atoms with van der Waals surface area (Å²) in [4.78, 5) is 0. The first-order valence-electron chi connectivity index (χ1n) is 7.12. The van der Waals surface area contributed by atoms with Crippen molar-refractivity contribution in [3.05, 3.63) is 82.3 Å². The number of halogens is 1. The number of fused-ring (bicyclic) bond motifs is 1. The zero-order valence-corrected chi connectivity index (χ0v) is 13.3. The Kier molecular flexibility index (Phi) is 4.69. The van der Waals surface area contributed by atoms with Gasteiger partial charge < -0.3 is 4.74 Å². The summed E-state index contributed by atoms with van der Waals surface area (Å²) in [7, 11) is 0. The molecule has 1 nitrogen and oxygen atoms in total. The highest BCUT2D eigenvalue weighted by Crippen LogP contribution is 2.27. The summed E-state index contributed by atoms with van der Waals surface area (Å²) in [6.07, 6.45) is 0.931. The first-order valence-corrected chi connectivity index (χ1v) is 7.92. The summed E-state index contributed by atoms with van der Waals surface area (Å²) in [5.74, 6) is 0. The van der Waals surface area contributed by atoms with Gasteiger partial charge in [-0.3, -0.25) is 0 Å². The Morgan fingerprint density at radius 1 is 0.762 bits per heavy atom. The molecule has 3 aromatic carbocycles. The third-order valence-electron chi connectivity index (χ3n) is 3.59. The van der Waals surface area contributed by atoms with Crippen molar-refractivity contribution in [2.75, 3.05) is 6.61 Å². The maximum Gasteiger partial charge on any atom is 0.0717 e. The molecule has 0 fully saturated rings. The zero-order valence-electron chi connectivity index (χ0n) is 11.8. The molecule has 0 bridgehead atoms. The molecule has 3 rings (SSSR count). The SMILES string of the molecule is Brc1ccc(CCOCc2ccccc2)c2ccccc12. The molecule has 0 aliphatic rings. The van der Waals surface area contributed by atoms with Crippen molar-refractivity contribution in [1.82, 2.24) is 0 Å². The Labute approximate surface area is 133 Å². The molecule has 0 aliphatic carbocycles.